The first-order valence-electron chi connectivity index (χ1n) is 11.1. The Kier molecular flexibility index (Phi) is 6.49. The van der Waals surface area contributed by atoms with Crippen molar-refractivity contribution in [2.75, 3.05) is 7.11 Å². The molecule has 4 unspecified atom stereocenters. The number of rotatable bonds is 6. The lowest BCUT2D eigenvalue weighted by Gasteiger charge is -2.40. The number of allylic oxidation sites excluding steroid dienone is 2. The number of hydrogen-bond acceptors (Lipinski definition) is 5. The number of methoxy groups -OCH3 is 1. The average Bonchev–Trinajstić information content (AvgIpc) is 3.14. The predicted molar refractivity (Wildman–Crippen MR) is 126 cm³/mol. The van der Waals surface area contributed by atoms with Crippen molar-refractivity contribution in [3.63, 3.8) is 0 Å². The van der Waals surface area contributed by atoms with Crippen LogP contribution in [0.5, 0.6) is 0 Å². The van der Waals surface area contributed by atoms with E-state index >= 15 is 0 Å². The fraction of sp³-hybridized carbons (Fsp3) is 0.385. The van der Waals surface area contributed by atoms with Crippen molar-refractivity contribution in [2.45, 2.75) is 38.6 Å². The van der Waals surface area contributed by atoms with Gasteiger partial charge in [0.1, 0.15) is 0 Å². The summed E-state index contributed by atoms with van der Waals surface area (Å²) >= 11 is 0. The summed E-state index contributed by atoms with van der Waals surface area (Å²) in [4.78, 5) is 21.0. The number of benzene rings is 1. The second kappa shape index (κ2) is 9.47. The predicted octanol–water partition coefficient (Wildman–Crippen LogP) is 5.65. The molecule has 1 saturated carbocycles. The first-order chi connectivity index (χ1) is 15.5. The molecule has 4 rings (SSSR count). The van der Waals surface area contributed by atoms with Gasteiger partial charge >= 0.3 is 6.09 Å². The highest BCUT2D eigenvalue weighted by atomic mass is 16.5. The number of aromatic nitrogens is 1. The Hall–Kier alpha value is -3.28. The van der Waals surface area contributed by atoms with Gasteiger partial charge in [0.25, 0.3) is 0 Å². The van der Waals surface area contributed by atoms with Crippen LogP contribution in [0.2, 0.25) is 0 Å². The third-order valence-electron chi connectivity index (χ3n) is 7.05. The zero-order chi connectivity index (χ0) is 22.6. The minimum Gasteiger partial charge on any atom is -0.453 e. The molecular weight excluding hydrogens is 400 g/mol. The second-order valence-electron chi connectivity index (χ2n) is 8.88. The highest BCUT2D eigenvalue weighted by molar-refractivity contribution is 6.07. The fourth-order valence-corrected chi connectivity index (χ4v) is 5.23. The van der Waals surface area contributed by atoms with Crippen LogP contribution >= 0.6 is 0 Å². The molecule has 2 aliphatic carbocycles. The van der Waals surface area contributed by atoms with Crippen molar-refractivity contribution in [2.24, 2.45) is 22.2 Å². The molecule has 2 aromatic rings. The minimum absolute atomic E-state index is 0.0268. The van der Waals surface area contributed by atoms with E-state index in [1.807, 2.05) is 30.3 Å². The Labute approximate surface area is 189 Å². The van der Waals surface area contributed by atoms with Crippen molar-refractivity contribution in [1.82, 2.24) is 10.3 Å². The molecule has 0 spiro atoms. The third-order valence-corrected chi connectivity index (χ3v) is 7.05. The normalized spacial score (nSPS) is 26.7. The number of alkyl carbamates (subject to hydrolysis) is 1. The molecular formula is C26H30N4O2. The monoisotopic (exact) mass is 430 g/mol. The van der Waals surface area contributed by atoms with Gasteiger partial charge in [-0.25, -0.2) is 4.79 Å². The molecule has 6 heteroatoms. The molecule has 1 aromatic carbocycles. The van der Waals surface area contributed by atoms with Crippen molar-refractivity contribution in [3.8, 4) is 0 Å². The lowest BCUT2D eigenvalue weighted by atomic mass is 9.65. The van der Waals surface area contributed by atoms with Crippen LogP contribution in [0.1, 0.15) is 44.2 Å². The highest BCUT2D eigenvalue weighted by Crippen LogP contribution is 2.56. The summed E-state index contributed by atoms with van der Waals surface area (Å²) < 4.78 is 4.89. The molecule has 2 aliphatic rings. The van der Waals surface area contributed by atoms with Gasteiger partial charge in [0, 0.05) is 24.0 Å². The molecule has 0 radical (unpaired) electrons. The lowest BCUT2D eigenvalue weighted by molar-refractivity contribution is 0.158. The number of pyridine rings is 1. The average molecular weight is 431 g/mol. The van der Waals surface area contributed by atoms with E-state index in [0.717, 1.165) is 42.6 Å². The SMILES string of the molecule is COC(=O)NC(CC1CCC2=CC(=Nc3cccnc3)C(C=N)CC21C)c1ccccc1. The van der Waals surface area contributed by atoms with E-state index in [4.69, 9.17) is 15.1 Å². The fourth-order valence-electron chi connectivity index (χ4n) is 5.23. The van der Waals surface area contributed by atoms with Gasteiger partial charge in [0.15, 0.2) is 0 Å². The Morgan fingerprint density at radius 1 is 1.34 bits per heavy atom. The minimum atomic E-state index is -0.412. The maximum atomic E-state index is 12.1. The van der Waals surface area contributed by atoms with Crippen molar-refractivity contribution in [3.05, 3.63) is 72.1 Å². The van der Waals surface area contributed by atoms with Gasteiger partial charge in [-0.3, -0.25) is 9.98 Å². The summed E-state index contributed by atoms with van der Waals surface area (Å²) in [7, 11) is 1.40. The maximum absolute atomic E-state index is 12.1. The van der Waals surface area contributed by atoms with Gasteiger partial charge in [0.2, 0.25) is 0 Å². The topological polar surface area (TPSA) is 87.4 Å². The number of carbonyl (C=O) groups is 1. The summed E-state index contributed by atoms with van der Waals surface area (Å²) in [5, 5.41) is 11.1. The van der Waals surface area contributed by atoms with E-state index in [2.05, 4.69) is 35.4 Å². The van der Waals surface area contributed by atoms with Gasteiger partial charge in [-0.05, 0) is 60.8 Å². The Morgan fingerprint density at radius 3 is 2.84 bits per heavy atom. The van der Waals surface area contributed by atoms with Crippen molar-refractivity contribution >= 4 is 23.7 Å². The van der Waals surface area contributed by atoms with Crippen LogP contribution in [0.3, 0.4) is 0 Å². The van der Waals surface area contributed by atoms with Gasteiger partial charge in [-0.2, -0.15) is 0 Å². The van der Waals surface area contributed by atoms with Gasteiger partial charge in [-0.1, -0.05) is 42.8 Å². The van der Waals surface area contributed by atoms with Crippen molar-refractivity contribution < 1.29 is 9.53 Å². The number of carbonyl (C=O) groups excluding carboxylic acids is 1. The van der Waals surface area contributed by atoms with E-state index in [0.29, 0.717) is 5.92 Å². The van der Waals surface area contributed by atoms with E-state index in [1.165, 1.54) is 18.9 Å². The zero-order valence-corrected chi connectivity index (χ0v) is 18.6. The number of aliphatic imine (C=N–C) groups is 1. The van der Waals surface area contributed by atoms with Crippen LogP contribution in [0, 0.1) is 22.7 Å². The standard InChI is InChI=1S/C26H30N4O2/c1-26-15-19(16-27)24(29-22-9-6-12-28-17-22)14-21(26)11-10-20(26)13-23(30-25(31)32-2)18-7-4-3-5-8-18/h3-9,12,14,16-17,19-20,23,27H,10-11,13,15H2,1-2H3,(H,30,31). The molecule has 0 bridgehead atoms. The van der Waals surface area contributed by atoms with Crippen LogP contribution in [-0.2, 0) is 4.74 Å². The molecule has 0 saturated heterocycles. The molecule has 1 aromatic heterocycles. The largest absolute Gasteiger partial charge is 0.453 e. The first kappa shape index (κ1) is 21.9. The van der Waals surface area contributed by atoms with Crippen LogP contribution in [0.25, 0.3) is 0 Å². The number of amides is 1. The van der Waals surface area contributed by atoms with Crippen LogP contribution in [-0.4, -0.2) is 30.1 Å². The lowest BCUT2D eigenvalue weighted by Crippen LogP contribution is -2.37. The number of nitrogens with zero attached hydrogens (tertiary/aromatic N) is 2. The molecule has 0 aliphatic heterocycles. The summed E-state index contributed by atoms with van der Waals surface area (Å²) in [5.74, 6) is 0.354. The van der Waals surface area contributed by atoms with E-state index < -0.39 is 6.09 Å². The molecule has 1 fully saturated rings. The molecule has 4 atom stereocenters. The Balaban J connectivity index is 1.61. The first-order valence-corrected chi connectivity index (χ1v) is 11.1. The second-order valence-corrected chi connectivity index (χ2v) is 8.88. The van der Waals surface area contributed by atoms with Gasteiger partial charge < -0.3 is 15.5 Å². The third kappa shape index (κ3) is 4.49. The summed E-state index contributed by atoms with van der Waals surface area (Å²) in [6.07, 6.45) is 10.5. The van der Waals surface area contributed by atoms with E-state index in [1.54, 1.807) is 12.4 Å². The van der Waals surface area contributed by atoms with E-state index in [9.17, 15) is 4.79 Å². The van der Waals surface area contributed by atoms with Gasteiger partial charge in [0.05, 0.1) is 25.0 Å². The molecule has 6 nitrogen and oxygen atoms in total. The number of nitrogens with one attached hydrogen (secondary N) is 2. The van der Waals surface area contributed by atoms with Crippen LogP contribution in [0.15, 0.2) is 71.5 Å². The Bertz CT molecular complexity index is 1020. The highest BCUT2D eigenvalue weighted by Gasteiger charge is 2.47. The summed E-state index contributed by atoms with van der Waals surface area (Å²) in [5.41, 5.74) is 4.20. The molecule has 2 N–H and O–H groups in total. The Morgan fingerprint density at radius 2 is 2.16 bits per heavy atom. The number of ether oxygens (including phenoxy) is 1. The van der Waals surface area contributed by atoms with Crippen LogP contribution < -0.4 is 5.32 Å². The molecule has 1 heterocycles. The van der Waals surface area contributed by atoms with E-state index in [-0.39, 0.29) is 17.4 Å². The van der Waals surface area contributed by atoms with Crippen molar-refractivity contribution in [1.29, 1.82) is 5.41 Å². The molecule has 166 valence electrons. The number of hydrogen-bond donors (Lipinski definition) is 2. The summed E-state index contributed by atoms with van der Waals surface area (Å²) in [6, 6.07) is 13.8. The number of fused-ring (bicyclic) bond motifs is 1. The summed E-state index contributed by atoms with van der Waals surface area (Å²) in [6.45, 7) is 2.31. The molecule has 32 heavy (non-hydrogen) atoms. The molecule has 1 amide bonds. The van der Waals surface area contributed by atoms with Crippen LogP contribution in [0.4, 0.5) is 10.5 Å². The maximum Gasteiger partial charge on any atom is 0.407 e. The quantitative estimate of drug-likeness (QED) is 0.580. The smallest absolute Gasteiger partial charge is 0.407 e. The zero-order valence-electron chi connectivity index (χ0n) is 18.6. The van der Waals surface area contributed by atoms with Gasteiger partial charge in [-0.15, -0.1) is 0 Å².